The molecule has 0 fully saturated rings. The molecule has 32 heavy (non-hydrogen) atoms. The van der Waals surface area contributed by atoms with Crippen LogP contribution in [0.15, 0.2) is 41.5 Å². The number of anilines is 1. The van der Waals surface area contributed by atoms with Gasteiger partial charge in [-0.25, -0.2) is 4.98 Å². The fourth-order valence-electron chi connectivity index (χ4n) is 3.30. The smallest absolute Gasteiger partial charge is 0.493 e. The van der Waals surface area contributed by atoms with Gasteiger partial charge in [-0.15, -0.1) is 8.78 Å². The van der Waals surface area contributed by atoms with Gasteiger partial charge in [0.05, 0.1) is 31.4 Å². The van der Waals surface area contributed by atoms with E-state index in [1.165, 1.54) is 43.3 Å². The van der Waals surface area contributed by atoms with Crippen molar-refractivity contribution < 1.29 is 32.5 Å². The van der Waals surface area contributed by atoms with Crippen molar-refractivity contribution in [3.05, 3.63) is 47.0 Å². The van der Waals surface area contributed by atoms with Crippen LogP contribution in [0.4, 0.5) is 14.5 Å². The quantitative estimate of drug-likeness (QED) is 0.594. The van der Waals surface area contributed by atoms with Gasteiger partial charge in [-0.2, -0.15) is 0 Å². The normalized spacial score (nSPS) is 13.8. The topological polar surface area (TPSA) is 101 Å². The number of halogens is 2. The van der Waals surface area contributed by atoms with Crippen LogP contribution < -0.4 is 29.8 Å². The van der Waals surface area contributed by atoms with Gasteiger partial charge < -0.3 is 24.3 Å². The van der Waals surface area contributed by atoms with Crippen molar-refractivity contribution >= 4 is 22.5 Å². The lowest BCUT2D eigenvalue weighted by molar-refractivity contribution is -0.286. The molecule has 0 unspecified atom stereocenters. The SMILES string of the molecule is COc1cc2ncn(CCCC(=O)Nc3ccc4c(c3)OC(F)(F)O4)c(=O)c2cc1OC. The molecule has 0 aliphatic carbocycles. The first-order valence-corrected chi connectivity index (χ1v) is 9.60. The molecule has 0 atom stereocenters. The minimum absolute atomic E-state index is 0.0982. The zero-order chi connectivity index (χ0) is 22.9. The van der Waals surface area contributed by atoms with E-state index in [9.17, 15) is 18.4 Å². The van der Waals surface area contributed by atoms with Crippen LogP contribution >= 0.6 is 0 Å². The van der Waals surface area contributed by atoms with E-state index in [1.807, 2.05) is 0 Å². The zero-order valence-electron chi connectivity index (χ0n) is 17.2. The van der Waals surface area contributed by atoms with Gasteiger partial charge in [0.25, 0.3) is 5.56 Å². The summed E-state index contributed by atoms with van der Waals surface area (Å²) in [5, 5.41) is 2.97. The van der Waals surface area contributed by atoms with Gasteiger partial charge in [0.2, 0.25) is 5.91 Å². The second-order valence-electron chi connectivity index (χ2n) is 6.95. The molecule has 1 amide bonds. The van der Waals surface area contributed by atoms with Crippen LogP contribution in [0.2, 0.25) is 0 Å². The Labute approximate surface area is 180 Å². The maximum absolute atomic E-state index is 13.1. The molecule has 1 N–H and O–H groups in total. The maximum Gasteiger partial charge on any atom is 0.586 e. The van der Waals surface area contributed by atoms with Gasteiger partial charge in [0.1, 0.15) is 0 Å². The number of fused-ring (bicyclic) bond motifs is 2. The molecule has 2 aromatic carbocycles. The fraction of sp³-hybridized carbons (Fsp3) is 0.286. The van der Waals surface area contributed by atoms with E-state index in [1.54, 1.807) is 12.1 Å². The van der Waals surface area contributed by atoms with Crippen LogP contribution in [-0.2, 0) is 11.3 Å². The average molecular weight is 447 g/mol. The molecule has 11 heteroatoms. The summed E-state index contributed by atoms with van der Waals surface area (Å²) in [7, 11) is 2.97. The molecule has 0 saturated carbocycles. The first-order valence-electron chi connectivity index (χ1n) is 9.60. The molecule has 3 aromatic rings. The predicted molar refractivity (Wildman–Crippen MR) is 110 cm³/mol. The highest BCUT2D eigenvalue weighted by Crippen LogP contribution is 2.42. The Hall–Kier alpha value is -3.89. The minimum Gasteiger partial charge on any atom is -0.493 e. The number of benzene rings is 2. The van der Waals surface area contributed by atoms with E-state index in [0.29, 0.717) is 34.5 Å². The number of aryl methyl sites for hydroxylation is 1. The molecule has 168 valence electrons. The maximum atomic E-state index is 13.1. The van der Waals surface area contributed by atoms with Crippen molar-refractivity contribution in [2.24, 2.45) is 0 Å². The van der Waals surface area contributed by atoms with Gasteiger partial charge in [-0.3, -0.25) is 14.2 Å². The van der Waals surface area contributed by atoms with Crippen LogP contribution in [0.5, 0.6) is 23.0 Å². The van der Waals surface area contributed by atoms with Crippen molar-refractivity contribution in [1.29, 1.82) is 0 Å². The highest BCUT2D eigenvalue weighted by molar-refractivity contribution is 5.91. The standard InChI is InChI=1S/C21H19F2N3O6/c1-29-16-9-13-14(10-17(16)30-2)24-11-26(20(13)28)7-3-4-19(27)25-12-5-6-15-18(8-12)32-21(22,23)31-15/h5-6,8-11H,3-4,7H2,1-2H3,(H,25,27). The van der Waals surface area contributed by atoms with Crippen LogP contribution in [0, 0.1) is 0 Å². The molecule has 0 bridgehead atoms. The summed E-state index contributed by atoms with van der Waals surface area (Å²) >= 11 is 0. The van der Waals surface area contributed by atoms with Crippen LogP contribution in [0.1, 0.15) is 12.8 Å². The van der Waals surface area contributed by atoms with Crippen molar-refractivity contribution in [3.63, 3.8) is 0 Å². The highest BCUT2D eigenvalue weighted by Gasteiger charge is 2.43. The molecule has 1 aliphatic heterocycles. The van der Waals surface area contributed by atoms with E-state index in [0.717, 1.165) is 0 Å². The van der Waals surface area contributed by atoms with Gasteiger partial charge >= 0.3 is 6.29 Å². The zero-order valence-corrected chi connectivity index (χ0v) is 17.2. The molecule has 0 radical (unpaired) electrons. The number of aromatic nitrogens is 2. The Bertz CT molecular complexity index is 1240. The number of methoxy groups -OCH3 is 2. The molecule has 1 aromatic heterocycles. The van der Waals surface area contributed by atoms with E-state index in [2.05, 4.69) is 19.8 Å². The molecule has 2 heterocycles. The number of carbonyl (C=O) groups excluding carboxylic acids is 1. The summed E-state index contributed by atoms with van der Waals surface area (Å²) in [6.07, 6.45) is -1.86. The third-order valence-corrected chi connectivity index (χ3v) is 4.82. The van der Waals surface area contributed by atoms with E-state index < -0.39 is 6.29 Å². The van der Waals surface area contributed by atoms with Crippen LogP contribution in [0.25, 0.3) is 10.9 Å². The van der Waals surface area contributed by atoms with Crippen molar-refractivity contribution in [2.75, 3.05) is 19.5 Å². The highest BCUT2D eigenvalue weighted by atomic mass is 19.3. The summed E-state index contributed by atoms with van der Waals surface area (Å²) in [4.78, 5) is 29.3. The predicted octanol–water partition coefficient (Wildman–Crippen LogP) is 3.15. The van der Waals surface area contributed by atoms with Gasteiger partial charge in [-0.05, 0) is 24.6 Å². The van der Waals surface area contributed by atoms with Crippen LogP contribution in [-0.4, -0.2) is 36.0 Å². The second kappa shape index (κ2) is 8.33. The molecule has 1 aliphatic rings. The molecule has 4 rings (SSSR count). The molecule has 0 spiro atoms. The Morgan fingerprint density at radius 3 is 2.59 bits per heavy atom. The number of rotatable bonds is 7. The molecular weight excluding hydrogens is 428 g/mol. The first-order chi connectivity index (χ1) is 15.3. The second-order valence-corrected chi connectivity index (χ2v) is 6.95. The molecular formula is C21H19F2N3O6. The monoisotopic (exact) mass is 447 g/mol. The number of ether oxygens (including phenoxy) is 4. The summed E-state index contributed by atoms with van der Waals surface area (Å²) in [6, 6.07) is 7.16. The first kappa shape index (κ1) is 21.3. The Morgan fingerprint density at radius 1 is 1.12 bits per heavy atom. The van der Waals surface area contributed by atoms with Crippen LogP contribution in [0.3, 0.4) is 0 Å². The summed E-state index contributed by atoms with van der Waals surface area (Å²) in [5.74, 6) is 0.272. The fourth-order valence-corrected chi connectivity index (χ4v) is 3.30. The van der Waals surface area contributed by atoms with Gasteiger partial charge in [0.15, 0.2) is 23.0 Å². The number of amides is 1. The number of hydrogen-bond donors (Lipinski definition) is 1. The number of hydrogen-bond acceptors (Lipinski definition) is 7. The average Bonchev–Trinajstić information content (AvgIpc) is 3.07. The third-order valence-electron chi connectivity index (χ3n) is 4.82. The van der Waals surface area contributed by atoms with Crippen molar-refractivity contribution in [3.8, 4) is 23.0 Å². The largest absolute Gasteiger partial charge is 0.586 e. The lowest BCUT2D eigenvalue weighted by Gasteiger charge is -2.10. The third kappa shape index (κ3) is 4.27. The number of carbonyl (C=O) groups is 1. The Balaban J connectivity index is 1.39. The van der Waals surface area contributed by atoms with E-state index in [-0.39, 0.29) is 35.9 Å². The lowest BCUT2D eigenvalue weighted by atomic mass is 10.2. The van der Waals surface area contributed by atoms with Gasteiger partial charge in [0, 0.05) is 30.8 Å². The molecule has 9 nitrogen and oxygen atoms in total. The van der Waals surface area contributed by atoms with Gasteiger partial charge in [-0.1, -0.05) is 0 Å². The summed E-state index contributed by atoms with van der Waals surface area (Å²) in [5.41, 5.74) is 0.490. The van der Waals surface area contributed by atoms with Crippen molar-refractivity contribution in [1.82, 2.24) is 9.55 Å². The van der Waals surface area contributed by atoms with E-state index >= 15 is 0 Å². The Kier molecular flexibility index (Phi) is 5.56. The number of alkyl halides is 2. The number of nitrogens with one attached hydrogen (secondary N) is 1. The summed E-state index contributed by atoms with van der Waals surface area (Å²) in [6.45, 7) is 0.261. The van der Waals surface area contributed by atoms with E-state index in [4.69, 9.17) is 9.47 Å². The number of nitrogens with zero attached hydrogens (tertiary/aromatic N) is 2. The lowest BCUT2D eigenvalue weighted by Crippen LogP contribution is -2.25. The van der Waals surface area contributed by atoms with Crippen molar-refractivity contribution in [2.45, 2.75) is 25.7 Å². The Morgan fingerprint density at radius 2 is 1.84 bits per heavy atom. The molecule has 0 saturated heterocycles. The summed E-state index contributed by atoms with van der Waals surface area (Å²) < 4.78 is 46.7. The minimum atomic E-state index is -3.72.